The van der Waals surface area contributed by atoms with Crippen molar-refractivity contribution in [1.82, 2.24) is 15.2 Å². The van der Waals surface area contributed by atoms with Crippen LogP contribution in [0.4, 0.5) is 4.39 Å². The first-order valence-corrected chi connectivity index (χ1v) is 7.48. The summed E-state index contributed by atoms with van der Waals surface area (Å²) in [7, 11) is 0. The van der Waals surface area contributed by atoms with Crippen LogP contribution in [-0.4, -0.2) is 34.6 Å². The predicted octanol–water partition coefficient (Wildman–Crippen LogP) is 3.13. The predicted molar refractivity (Wildman–Crippen MR) is 80.1 cm³/mol. The lowest BCUT2D eigenvalue weighted by Gasteiger charge is -2.41. The molecule has 0 amide bonds. The molecule has 1 saturated heterocycles. The zero-order valence-electron chi connectivity index (χ0n) is 13.0. The van der Waals surface area contributed by atoms with Gasteiger partial charge in [-0.2, -0.15) is 0 Å². The highest BCUT2D eigenvalue weighted by Gasteiger charge is 2.27. The summed E-state index contributed by atoms with van der Waals surface area (Å²) in [5.74, 6) is -0.265. The largest absolute Gasteiger partial charge is 0.307 e. The van der Waals surface area contributed by atoms with Crippen LogP contribution in [0.3, 0.4) is 0 Å². The Labute approximate surface area is 121 Å². The van der Waals surface area contributed by atoms with Gasteiger partial charge in [0.1, 0.15) is 5.82 Å². The second-order valence-corrected chi connectivity index (χ2v) is 6.76. The number of pyridine rings is 1. The molecule has 1 aromatic rings. The number of nitrogens with one attached hydrogen (secondary N) is 1. The highest BCUT2D eigenvalue weighted by Crippen LogP contribution is 2.22. The van der Waals surface area contributed by atoms with E-state index in [2.05, 4.69) is 42.9 Å². The molecule has 1 fully saturated rings. The van der Waals surface area contributed by atoms with E-state index in [9.17, 15) is 4.39 Å². The van der Waals surface area contributed by atoms with Gasteiger partial charge in [-0.15, -0.1) is 0 Å². The second-order valence-electron chi connectivity index (χ2n) is 6.76. The van der Waals surface area contributed by atoms with Gasteiger partial charge in [0.15, 0.2) is 0 Å². The number of rotatable bonds is 3. The molecular formula is C16H26FN3. The maximum Gasteiger partial charge on any atom is 0.141 e. The maximum atomic E-state index is 13.2. The minimum atomic E-state index is -0.265. The van der Waals surface area contributed by atoms with Gasteiger partial charge < -0.3 is 5.32 Å². The van der Waals surface area contributed by atoms with Gasteiger partial charge in [0.2, 0.25) is 0 Å². The van der Waals surface area contributed by atoms with Gasteiger partial charge in [-0.25, -0.2) is 4.39 Å². The monoisotopic (exact) mass is 279 g/mol. The molecule has 2 rings (SSSR count). The molecule has 2 heterocycles. The van der Waals surface area contributed by atoms with Crippen molar-refractivity contribution in [2.75, 3.05) is 13.1 Å². The number of hydrogen-bond donors (Lipinski definition) is 1. The zero-order valence-corrected chi connectivity index (χ0v) is 13.0. The van der Waals surface area contributed by atoms with E-state index in [-0.39, 0.29) is 17.4 Å². The molecule has 0 aromatic carbocycles. The van der Waals surface area contributed by atoms with Gasteiger partial charge in [-0.3, -0.25) is 9.88 Å². The Morgan fingerprint density at radius 3 is 2.50 bits per heavy atom. The van der Waals surface area contributed by atoms with E-state index < -0.39 is 0 Å². The van der Waals surface area contributed by atoms with Crippen LogP contribution in [0.2, 0.25) is 0 Å². The van der Waals surface area contributed by atoms with Crippen LogP contribution in [0.25, 0.3) is 0 Å². The van der Waals surface area contributed by atoms with E-state index >= 15 is 0 Å². The van der Waals surface area contributed by atoms with Gasteiger partial charge >= 0.3 is 0 Å². The first-order valence-electron chi connectivity index (χ1n) is 7.48. The fourth-order valence-corrected chi connectivity index (χ4v) is 2.83. The SMILES string of the molecule is CC(NC1CCN(C(C)(C)C)CC1)c1cncc(F)c1. The smallest absolute Gasteiger partial charge is 0.141 e. The zero-order chi connectivity index (χ0) is 14.8. The fourth-order valence-electron chi connectivity index (χ4n) is 2.83. The highest BCUT2D eigenvalue weighted by molar-refractivity contribution is 5.14. The standard InChI is InChI=1S/C16H26FN3/c1-12(13-9-14(17)11-18-10-13)19-15-5-7-20(8-6-15)16(2,3)4/h9-12,15,19H,5-8H2,1-4H3. The van der Waals surface area contributed by atoms with Crippen LogP contribution in [0.5, 0.6) is 0 Å². The van der Waals surface area contributed by atoms with Gasteiger partial charge in [0.05, 0.1) is 6.20 Å². The minimum absolute atomic E-state index is 0.143. The van der Waals surface area contributed by atoms with Crippen LogP contribution in [0, 0.1) is 5.82 Å². The van der Waals surface area contributed by atoms with Crippen LogP contribution in [0.1, 0.15) is 52.1 Å². The van der Waals surface area contributed by atoms with Crippen LogP contribution >= 0.6 is 0 Å². The minimum Gasteiger partial charge on any atom is -0.307 e. The summed E-state index contributed by atoms with van der Waals surface area (Å²) in [6.07, 6.45) is 5.28. The van der Waals surface area contributed by atoms with Crippen molar-refractivity contribution in [2.24, 2.45) is 0 Å². The van der Waals surface area contributed by atoms with Crippen molar-refractivity contribution in [3.05, 3.63) is 29.8 Å². The molecule has 1 aliphatic heterocycles. The molecular weight excluding hydrogens is 253 g/mol. The summed E-state index contributed by atoms with van der Waals surface area (Å²) in [5.41, 5.74) is 1.17. The third kappa shape index (κ3) is 4.00. The maximum absolute atomic E-state index is 13.2. The first-order chi connectivity index (χ1) is 9.36. The van der Waals surface area contributed by atoms with Crippen molar-refractivity contribution in [3.8, 4) is 0 Å². The first kappa shape index (κ1) is 15.4. The van der Waals surface area contributed by atoms with Gasteiger partial charge in [-0.05, 0) is 52.2 Å². The Hall–Kier alpha value is -1.00. The summed E-state index contributed by atoms with van der Waals surface area (Å²) < 4.78 is 13.2. The normalized spacial score (nSPS) is 20.1. The average molecular weight is 279 g/mol. The molecule has 0 spiro atoms. The van der Waals surface area contributed by atoms with E-state index in [4.69, 9.17) is 0 Å². The third-order valence-electron chi connectivity index (χ3n) is 4.16. The number of aromatic nitrogens is 1. The molecule has 1 unspecified atom stereocenters. The molecule has 0 bridgehead atoms. The lowest BCUT2D eigenvalue weighted by molar-refractivity contribution is 0.0942. The molecule has 4 heteroatoms. The lowest BCUT2D eigenvalue weighted by Crippen LogP contribution is -2.50. The van der Waals surface area contributed by atoms with Crippen LogP contribution < -0.4 is 5.32 Å². The quantitative estimate of drug-likeness (QED) is 0.921. The number of likely N-dealkylation sites (tertiary alicyclic amines) is 1. The molecule has 0 saturated carbocycles. The van der Waals surface area contributed by atoms with Crippen molar-refractivity contribution in [2.45, 2.75) is 58.2 Å². The van der Waals surface area contributed by atoms with Crippen molar-refractivity contribution >= 4 is 0 Å². The van der Waals surface area contributed by atoms with E-state index in [0.717, 1.165) is 31.5 Å². The Morgan fingerprint density at radius 2 is 1.95 bits per heavy atom. The summed E-state index contributed by atoms with van der Waals surface area (Å²) in [6.45, 7) is 11.1. The van der Waals surface area contributed by atoms with E-state index in [1.54, 1.807) is 12.3 Å². The Morgan fingerprint density at radius 1 is 1.30 bits per heavy atom. The average Bonchev–Trinajstić information content (AvgIpc) is 2.38. The number of hydrogen-bond acceptors (Lipinski definition) is 3. The molecule has 1 N–H and O–H groups in total. The molecule has 1 aliphatic rings. The summed E-state index contributed by atoms with van der Waals surface area (Å²) >= 11 is 0. The van der Waals surface area contributed by atoms with E-state index in [0.29, 0.717) is 6.04 Å². The Bertz CT molecular complexity index is 434. The number of halogens is 1. The third-order valence-corrected chi connectivity index (χ3v) is 4.16. The number of nitrogens with zero attached hydrogens (tertiary/aromatic N) is 2. The molecule has 20 heavy (non-hydrogen) atoms. The fraction of sp³-hybridized carbons (Fsp3) is 0.688. The Balaban J connectivity index is 1.86. The Kier molecular flexibility index (Phi) is 4.76. The van der Waals surface area contributed by atoms with Crippen molar-refractivity contribution in [1.29, 1.82) is 0 Å². The van der Waals surface area contributed by atoms with E-state index in [1.165, 1.54) is 6.20 Å². The number of piperidine rings is 1. The lowest BCUT2D eigenvalue weighted by atomic mass is 9.97. The van der Waals surface area contributed by atoms with E-state index in [1.807, 2.05) is 0 Å². The second kappa shape index (κ2) is 6.19. The molecule has 0 radical (unpaired) electrons. The van der Waals surface area contributed by atoms with Gasteiger partial charge in [0, 0.05) is 36.9 Å². The summed E-state index contributed by atoms with van der Waals surface area (Å²) in [4.78, 5) is 6.45. The molecule has 1 atom stereocenters. The molecule has 112 valence electrons. The van der Waals surface area contributed by atoms with Gasteiger partial charge in [-0.1, -0.05) is 0 Å². The molecule has 3 nitrogen and oxygen atoms in total. The van der Waals surface area contributed by atoms with Crippen molar-refractivity contribution in [3.63, 3.8) is 0 Å². The van der Waals surface area contributed by atoms with Gasteiger partial charge in [0.25, 0.3) is 0 Å². The highest BCUT2D eigenvalue weighted by atomic mass is 19.1. The van der Waals surface area contributed by atoms with Crippen molar-refractivity contribution < 1.29 is 4.39 Å². The summed E-state index contributed by atoms with van der Waals surface area (Å²) in [6, 6.07) is 2.21. The van der Waals surface area contributed by atoms with Crippen LogP contribution in [0.15, 0.2) is 18.5 Å². The molecule has 0 aliphatic carbocycles. The topological polar surface area (TPSA) is 28.2 Å². The van der Waals surface area contributed by atoms with Crippen LogP contribution in [-0.2, 0) is 0 Å². The summed E-state index contributed by atoms with van der Waals surface area (Å²) in [5, 5.41) is 3.60. The molecule has 1 aromatic heterocycles.